The molecule has 0 radical (unpaired) electrons. The third kappa shape index (κ3) is 4.43. The van der Waals surface area contributed by atoms with Crippen molar-refractivity contribution in [2.24, 2.45) is 0 Å². The molecule has 0 spiro atoms. The molecule has 0 amide bonds. The van der Waals surface area contributed by atoms with E-state index in [1.165, 1.54) is 5.69 Å². The lowest BCUT2D eigenvalue weighted by Crippen LogP contribution is -2.36. The van der Waals surface area contributed by atoms with E-state index in [1.54, 1.807) is 13.3 Å². The van der Waals surface area contributed by atoms with E-state index in [0.717, 1.165) is 41.3 Å². The van der Waals surface area contributed by atoms with Crippen LogP contribution in [0.5, 0.6) is 5.88 Å². The Hall–Kier alpha value is -2.26. The zero-order valence-corrected chi connectivity index (χ0v) is 15.7. The van der Waals surface area contributed by atoms with Crippen LogP contribution in [0, 0.1) is 11.2 Å². The molecule has 1 aromatic carbocycles. The molecule has 1 aliphatic rings. The number of nitrogens with zero attached hydrogens (tertiary/aromatic N) is 3. The maximum Gasteiger partial charge on any atom is 0.271 e. The molecular formula is C19H19BBrN3O. The molecule has 0 aliphatic carbocycles. The van der Waals surface area contributed by atoms with Gasteiger partial charge in [0.1, 0.15) is 0 Å². The fraction of sp³-hybridized carbons (Fsp3) is 0.263. The summed E-state index contributed by atoms with van der Waals surface area (Å²) in [6.07, 6.45) is 7.68. The van der Waals surface area contributed by atoms with Crippen molar-refractivity contribution in [3.05, 3.63) is 52.1 Å². The molecule has 1 aliphatic heterocycles. The molecule has 25 heavy (non-hydrogen) atoms. The maximum atomic E-state index is 9.00. The number of methoxy groups -OCH3 is 1. The topological polar surface area (TPSA) is 49.1 Å². The van der Waals surface area contributed by atoms with Crippen LogP contribution >= 0.6 is 15.9 Å². The first-order valence-corrected chi connectivity index (χ1v) is 9.11. The first-order chi connectivity index (χ1) is 12.2. The van der Waals surface area contributed by atoms with E-state index < -0.39 is 0 Å². The van der Waals surface area contributed by atoms with Gasteiger partial charge in [0.05, 0.1) is 7.11 Å². The molecule has 0 unspecified atom stereocenters. The van der Waals surface area contributed by atoms with Gasteiger partial charge in [0.15, 0.2) is 0 Å². The third-order valence-corrected chi connectivity index (χ3v) is 4.86. The highest BCUT2D eigenvalue weighted by molar-refractivity contribution is 9.10. The Morgan fingerprint density at radius 3 is 2.60 bits per heavy atom. The number of hydrogen-bond donors (Lipinski definition) is 0. The fourth-order valence-electron chi connectivity index (χ4n) is 2.98. The van der Waals surface area contributed by atoms with Crippen LogP contribution < -0.4 is 9.64 Å². The molecule has 0 bridgehead atoms. The standard InChI is InChI=1S/C19H19BBrN3O/c1-25-19-16(12-17(21)13-23-19)5-2-15-3-6-18(7-4-15)24-10-8-20(14-22)9-11-24/h2-7,12-13H,8-11H2,1H3/b5-2+. The number of ether oxygens (including phenoxy) is 1. The van der Waals surface area contributed by atoms with E-state index in [-0.39, 0.29) is 6.71 Å². The van der Waals surface area contributed by atoms with Crippen molar-refractivity contribution in [2.45, 2.75) is 12.6 Å². The number of rotatable bonds is 4. The minimum Gasteiger partial charge on any atom is -0.481 e. The summed E-state index contributed by atoms with van der Waals surface area (Å²) in [6.45, 7) is 2.12. The molecule has 2 heterocycles. The van der Waals surface area contributed by atoms with Gasteiger partial charge in [0, 0.05) is 41.0 Å². The van der Waals surface area contributed by atoms with Crippen LogP contribution in [-0.2, 0) is 0 Å². The molecule has 0 atom stereocenters. The number of pyridine rings is 1. The summed E-state index contributed by atoms with van der Waals surface area (Å²) < 4.78 is 6.21. The number of nitriles is 1. The lowest BCUT2D eigenvalue weighted by atomic mass is 9.45. The normalized spacial score (nSPS) is 14.6. The molecule has 126 valence electrons. The van der Waals surface area contributed by atoms with Crippen molar-refractivity contribution in [1.29, 1.82) is 5.26 Å². The van der Waals surface area contributed by atoms with Gasteiger partial charge in [0.2, 0.25) is 5.88 Å². The van der Waals surface area contributed by atoms with Crippen molar-refractivity contribution >= 4 is 40.5 Å². The second kappa shape index (κ2) is 8.22. The summed E-state index contributed by atoms with van der Waals surface area (Å²) in [6, 6.07) is 10.5. The molecule has 1 fully saturated rings. The Labute approximate surface area is 157 Å². The molecule has 6 heteroatoms. The zero-order valence-electron chi connectivity index (χ0n) is 14.2. The predicted molar refractivity (Wildman–Crippen MR) is 107 cm³/mol. The van der Waals surface area contributed by atoms with E-state index in [1.807, 2.05) is 12.1 Å². The van der Waals surface area contributed by atoms with Gasteiger partial charge in [0.25, 0.3) is 6.71 Å². The Bertz CT molecular complexity index is 793. The number of halogens is 1. The Balaban J connectivity index is 1.69. The average Bonchev–Trinajstić information content (AvgIpc) is 2.67. The lowest BCUT2D eigenvalue weighted by Gasteiger charge is -2.30. The SMILES string of the molecule is COc1ncc(Br)cc1/C=C/c1ccc(N2CCB(C#N)CC2)cc1. The zero-order chi connectivity index (χ0) is 17.6. The van der Waals surface area contributed by atoms with Crippen molar-refractivity contribution in [3.63, 3.8) is 0 Å². The van der Waals surface area contributed by atoms with Crippen LogP contribution in [0.4, 0.5) is 5.69 Å². The highest BCUT2D eigenvalue weighted by Crippen LogP contribution is 2.24. The first kappa shape index (κ1) is 17.6. The van der Waals surface area contributed by atoms with Crippen LogP contribution in [0.15, 0.2) is 41.0 Å². The molecule has 0 N–H and O–H groups in total. The van der Waals surface area contributed by atoms with Gasteiger partial charge >= 0.3 is 0 Å². The Morgan fingerprint density at radius 2 is 1.96 bits per heavy atom. The van der Waals surface area contributed by atoms with E-state index in [4.69, 9.17) is 10.00 Å². The van der Waals surface area contributed by atoms with Crippen LogP contribution in [0.2, 0.25) is 12.6 Å². The minimum atomic E-state index is 0.215. The first-order valence-electron chi connectivity index (χ1n) is 8.32. The van der Waals surface area contributed by atoms with E-state index in [9.17, 15) is 0 Å². The molecule has 0 saturated carbocycles. The minimum absolute atomic E-state index is 0.215. The average molecular weight is 396 g/mol. The molecule has 2 aromatic rings. The summed E-state index contributed by atoms with van der Waals surface area (Å²) >= 11 is 3.44. The Kier molecular flexibility index (Phi) is 5.77. The van der Waals surface area contributed by atoms with Gasteiger partial charge in [-0.3, -0.25) is 0 Å². The van der Waals surface area contributed by atoms with Crippen molar-refractivity contribution < 1.29 is 4.74 Å². The van der Waals surface area contributed by atoms with E-state index >= 15 is 0 Å². The second-order valence-electron chi connectivity index (χ2n) is 6.07. The lowest BCUT2D eigenvalue weighted by molar-refractivity contribution is 0.396. The highest BCUT2D eigenvalue weighted by Gasteiger charge is 2.22. The van der Waals surface area contributed by atoms with Gasteiger partial charge in [-0.15, -0.1) is 0 Å². The summed E-state index contributed by atoms with van der Waals surface area (Å²) in [5, 5.41) is 9.00. The maximum absolute atomic E-state index is 9.00. The second-order valence-corrected chi connectivity index (χ2v) is 6.98. The third-order valence-electron chi connectivity index (χ3n) is 4.43. The summed E-state index contributed by atoms with van der Waals surface area (Å²) in [5.74, 6) is 2.98. The van der Waals surface area contributed by atoms with E-state index in [0.29, 0.717) is 5.88 Å². The van der Waals surface area contributed by atoms with E-state index in [2.05, 4.69) is 62.1 Å². The van der Waals surface area contributed by atoms with Crippen LogP contribution in [0.3, 0.4) is 0 Å². The van der Waals surface area contributed by atoms with Crippen molar-refractivity contribution in [1.82, 2.24) is 4.98 Å². The quantitative estimate of drug-likeness (QED) is 0.719. The molecule has 1 saturated heterocycles. The number of hydrogen-bond acceptors (Lipinski definition) is 4. The van der Waals surface area contributed by atoms with Crippen LogP contribution in [-0.4, -0.2) is 31.9 Å². The number of aromatic nitrogens is 1. The summed E-state index contributed by atoms with van der Waals surface area (Å²) in [4.78, 5) is 6.60. The molecule has 3 rings (SSSR count). The van der Waals surface area contributed by atoms with Gasteiger partial charge in [-0.25, -0.2) is 10.2 Å². The Morgan fingerprint density at radius 1 is 1.24 bits per heavy atom. The van der Waals surface area contributed by atoms with Gasteiger partial charge in [-0.2, -0.15) is 0 Å². The monoisotopic (exact) mass is 395 g/mol. The van der Waals surface area contributed by atoms with Crippen molar-refractivity contribution in [3.8, 4) is 11.8 Å². The van der Waals surface area contributed by atoms with Gasteiger partial charge < -0.3 is 9.64 Å². The summed E-state index contributed by atoms with van der Waals surface area (Å²) in [5.41, 5.74) is 3.27. The van der Waals surface area contributed by atoms with Gasteiger partial charge in [-0.05, 0) is 58.4 Å². The smallest absolute Gasteiger partial charge is 0.271 e. The predicted octanol–water partition coefficient (Wildman–Crippen LogP) is 4.40. The van der Waals surface area contributed by atoms with Crippen LogP contribution in [0.1, 0.15) is 11.1 Å². The van der Waals surface area contributed by atoms with Gasteiger partial charge in [-0.1, -0.05) is 18.2 Å². The number of anilines is 1. The number of benzene rings is 1. The molecular weight excluding hydrogens is 377 g/mol. The molecule has 1 aromatic heterocycles. The molecule has 4 nitrogen and oxygen atoms in total. The largest absolute Gasteiger partial charge is 0.481 e. The highest BCUT2D eigenvalue weighted by atomic mass is 79.9. The summed E-state index contributed by atoms with van der Waals surface area (Å²) in [7, 11) is 1.62. The fourth-order valence-corrected chi connectivity index (χ4v) is 3.33. The van der Waals surface area contributed by atoms with Crippen LogP contribution in [0.25, 0.3) is 12.2 Å². The van der Waals surface area contributed by atoms with Crippen molar-refractivity contribution in [2.75, 3.05) is 25.1 Å².